The van der Waals surface area contributed by atoms with Gasteiger partial charge in [-0.2, -0.15) is 0 Å². The Labute approximate surface area is 201 Å². The predicted molar refractivity (Wildman–Crippen MR) is 123 cm³/mol. The highest BCUT2D eigenvalue weighted by molar-refractivity contribution is 6.30. The van der Waals surface area contributed by atoms with E-state index in [-0.39, 0.29) is 36.5 Å². The van der Waals surface area contributed by atoms with E-state index in [1.807, 2.05) is 4.90 Å². The minimum absolute atomic E-state index is 0.0212. The van der Waals surface area contributed by atoms with Crippen LogP contribution >= 0.6 is 11.6 Å². The van der Waals surface area contributed by atoms with Crippen LogP contribution in [0.4, 0.5) is 5.69 Å². The summed E-state index contributed by atoms with van der Waals surface area (Å²) in [4.78, 5) is 51.8. The number of hydrogen-bond acceptors (Lipinski definition) is 8. The number of esters is 2. The van der Waals surface area contributed by atoms with E-state index in [9.17, 15) is 24.5 Å². The van der Waals surface area contributed by atoms with E-state index in [4.69, 9.17) is 21.1 Å². The van der Waals surface area contributed by atoms with Crippen molar-refractivity contribution in [2.24, 2.45) is 0 Å². The average Bonchev–Trinajstić information content (AvgIpc) is 2.85. The Kier molecular flexibility index (Phi) is 8.19. The van der Waals surface area contributed by atoms with Gasteiger partial charge in [0.15, 0.2) is 0 Å². The summed E-state index contributed by atoms with van der Waals surface area (Å²) < 4.78 is 9.90. The van der Waals surface area contributed by atoms with Crippen LogP contribution in [0.3, 0.4) is 0 Å². The molecule has 1 amide bonds. The van der Waals surface area contributed by atoms with E-state index in [1.165, 1.54) is 18.1 Å². The molecule has 0 spiro atoms. The van der Waals surface area contributed by atoms with Crippen LogP contribution in [0.1, 0.15) is 39.2 Å². The molecule has 3 rings (SSSR count). The molecule has 1 unspecified atom stereocenters. The third kappa shape index (κ3) is 5.70. The van der Waals surface area contributed by atoms with Crippen molar-refractivity contribution >= 4 is 35.1 Å². The second-order valence-corrected chi connectivity index (χ2v) is 7.99. The highest BCUT2D eigenvalue weighted by Crippen LogP contribution is 2.26. The first-order valence-electron chi connectivity index (χ1n) is 10.6. The fourth-order valence-electron chi connectivity index (χ4n) is 3.79. The van der Waals surface area contributed by atoms with Gasteiger partial charge in [0.05, 0.1) is 24.2 Å². The number of rotatable bonds is 7. The summed E-state index contributed by atoms with van der Waals surface area (Å²) >= 11 is 5.96. The molecule has 1 atom stereocenters. The number of methoxy groups -OCH3 is 1. The summed E-state index contributed by atoms with van der Waals surface area (Å²) in [5.41, 5.74) is 0.300. The van der Waals surface area contributed by atoms with Gasteiger partial charge in [-0.05, 0) is 30.7 Å². The molecule has 2 aromatic carbocycles. The highest BCUT2D eigenvalue weighted by Gasteiger charge is 2.33. The lowest BCUT2D eigenvalue weighted by Crippen LogP contribution is -2.51. The van der Waals surface area contributed by atoms with E-state index in [0.717, 1.165) is 12.1 Å². The zero-order valence-corrected chi connectivity index (χ0v) is 19.5. The van der Waals surface area contributed by atoms with Crippen molar-refractivity contribution in [1.29, 1.82) is 0 Å². The molecular formula is C23H24ClN3O7. The number of halogens is 1. The van der Waals surface area contributed by atoms with Crippen molar-refractivity contribution in [1.82, 2.24) is 9.80 Å². The quantitative estimate of drug-likeness (QED) is 0.330. The number of nitro groups is 1. The number of nitrogens with zero attached hydrogens (tertiary/aromatic N) is 3. The van der Waals surface area contributed by atoms with E-state index < -0.39 is 28.8 Å². The second kappa shape index (κ2) is 11.1. The molecule has 1 aliphatic heterocycles. The highest BCUT2D eigenvalue weighted by atomic mass is 35.5. The molecule has 0 aromatic heterocycles. The lowest BCUT2D eigenvalue weighted by Gasteiger charge is -2.38. The molecule has 1 aliphatic rings. The molecule has 1 saturated heterocycles. The van der Waals surface area contributed by atoms with Crippen LogP contribution in [-0.2, 0) is 14.3 Å². The lowest BCUT2D eigenvalue weighted by atomic mass is 10.0. The summed E-state index contributed by atoms with van der Waals surface area (Å²) in [7, 11) is 1.31. The number of nitro benzene ring substituents is 1. The fraction of sp³-hybridized carbons (Fsp3) is 0.348. The monoisotopic (exact) mass is 489 g/mol. The van der Waals surface area contributed by atoms with Gasteiger partial charge in [0.25, 0.3) is 11.6 Å². The van der Waals surface area contributed by atoms with Gasteiger partial charge >= 0.3 is 11.9 Å². The maximum Gasteiger partial charge on any atom is 0.338 e. The molecular weight excluding hydrogens is 466 g/mol. The van der Waals surface area contributed by atoms with Gasteiger partial charge in [-0.1, -0.05) is 23.7 Å². The van der Waals surface area contributed by atoms with E-state index in [2.05, 4.69) is 0 Å². The van der Waals surface area contributed by atoms with Crippen molar-refractivity contribution in [3.63, 3.8) is 0 Å². The summed E-state index contributed by atoms with van der Waals surface area (Å²) in [5, 5.41) is 11.9. The summed E-state index contributed by atoms with van der Waals surface area (Å²) in [5.74, 6) is -1.62. The first-order chi connectivity index (χ1) is 16.2. The number of benzene rings is 2. The molecule has 0 aliphatic carbocycles. The molecule has 1 fully saturated rings. The molecule has 0 saturated carbocycles. The Hall–Kier alpha value is -3.50. The number of carbonyl (C=O) groups excluding carboxylic acids is 3. The average molecular weight is 490 g/mol. The number of piperazine rings is 1. The Morgan fingerprint density at radius 2 is 1.68 bits per heavy atom. The van der Waals surface area contributed by atoms with Crippen LogP contribution in [0.2, 0.25) is 5.02 Å². The molecule has 11 heteroatoms. The maximum absolute atomic E-state index is 13.1. The van der Waals surface area contributed by atoms with Crippen LogP contribution in [0.15, 0.2) is 42.5 Å². The number of amides is 1. The third-order valence-electron chi connectivity index (χ3n) is 5.46. The molecule has 180 valence electrons. The standard InChI is InChI=1S/C23H24ClN3O7/c1-3-34-22(29)17-12-16(13-19(14-17)27(31)32)21(28)26-10-8-25(9-11-26)20(23(30)33-2)15-4-6-18(24)7-5-15/h4-7,12-14,20H,3,8-11H2,1-2H3. The van der Waals surface area contributed by atoms with Gasteiger partial charge in [-0.15, -0.1) is 0 Å². The predicted octanol–water partition coefficient (Wildman–Crippen LogP) is 3.10. The maximum atomic E-state index is 13.1. The van der Waals surface area contributed by atoms with Gasteiger partial charge in [0, 0.05) is 48.9 Å². The number of non-ortho nitro benzene ring substituents is 1. The van der Waals surface area contributed by atoms with Gasteiger partial charge in [-0.25, -0.2) is 9.59 Å². The zero-order valence-electron chi connectivity index (χ0n) is 18.7. The second-order valence-electron chi connectivity index (χ2n) is 7.55. The summed E-state index contributed by atoms with van der Waals surface area (Å²) in [6, 6.07) is 9.75. The van der Waals surface area contributed by atoms with Crippen LogP contribution in [0, 0.1) is 10.1 Å². The summed E-state index contributed by atoms with van der Waals surface area (Å²) in [6.07, 6.45) is 0. The van der Waals surface area contributed by atoms with Crippen LogP contribution in [0.25, 0.3) is 0 Å². The third-order valence-corrected chi connectivity index (χ3v) is 5.72. The first kappa shape index (κ1) is 25.1. The van der Waals surface area contributed by atoms with Crippen molar-refractivity contribution in [3.05, 3.63) is 74.3 Å². The SMILES string of the molecule is CCOC(=O)c1cc(C(=O)N2CCN(C(C(=O)OC)c3ccc(Cl)cc3)CC2)cc([N+](=O)[O-])c1. The van der Waals surface area contributed by atoms with Crippen molar-refractivity contribution in [2.75, 3.05) is 39.9 Å². The van der Waals surface area contributed by atoms with Gasteiger partial charge < -0.3 is 14.4 Å². The minimum atomic E-state index is -0.742. The van der Waals surface area contributed by atoms with Crippen LogP contribution in [-0.4, -0.2) is 72.5 Å². The summed E-state index contributed by atoms with van der Waals surface area (Å²) in [6.45, 7) is 3.00. The topological polar surface area (TPSA) is 119 Å². The largest absolute Gasteiger partial charge is 0.468 e. The lowest BCUT2D eigenvalue weighted by molar-refractivity contribution is -0.384. The Morgan fingerprint density at radius 3 is 2.24 bits per heavy atom. The Balaban J connectivity index is 1.78. The van der Waals surface area contributed by atoms with Crippen LogP contribution in [0.5, 0.6) is 0 Å². The number of hydrogen-bond donors (Lipinski definition) is 0. The smallest absolute Gasteiger partial charge is 0.338 e. The molecule has 1 heterocycles. The minimum Gasteiger partial charge on any atom is -0.468 e. The molecule has 0 bridgehead atoms. The normalized spacial score (nSPS) is 14.9. The molecule has 0 N–H and O–H groups in total. The van der Waals surface area contributed by atoms with E-state index in [1.54, 1.807) is 31.2 Å². The van der Waals surface area contributed by atoms with Gasteiger partial charge in [0.2, 0.25) is 0 Å². The van der Waals surface area contributed by atoms with Gasteiger partial charge in [-0.3, -0.25) is 19.8 Å². The number of ether oxygens (including phenoxy) is 2. The first-order valence-corrected chi connectivity index (χ1v) is 11.0. The molecule has 2 aromatic rings. The molecule has 10 nitrogen and oxygen atoms in total. The van der Waals surface area contributed by atoms with E-state index >= 15 is 0 Å². The van der Waals surface area contributed by atoms with Crippen LogP contribution < -0.4 is 0 Å². The Morgan fingerprint density at radius 1 is 1.06 bits per heavy atom. The van der Waals surface area contributed by atoms with E-state index in [0.29, 0.717) is 23.7 Å². The zero-order chi connectivity index (χ0) is 24.8. The van der Waals surface area contributed by atoms with Crippen molar-refractivity contribution < 1.29 is 28.8 Å². The molecule has 0 radical (unpaired) electrons. The van der Waals surface area contributed by atoms with Crippen molar-refractivity contribution in [2.45, 2.75) is 13.0 Å². The number of carbonyl (C=O) groups is 3. The van der Waals surface area contributed by atoms with Crippen molar-refractivity contribution in [3.8, 4) is 0 Å². The Bertz CT molecular complexity index is 1080. The van der Waals surface area contributed by atoms with Gasteiger partial charge in [0.1, 0.15) is 6.04 Å². The fourth-order valence-corrected chi connectivity index (χ4v) is 3.92. The molecule has 34 heavy (non-hydrogen) atoms.